The van der Waals surface area contributed by atoms with E-state index in [0.717, 1.165) is 32.4 Å². The summed E-state index contributed by atoms with van der Waals surface area (Å²) in [6.45, 7) is 8.29. The zero-order chi connectivity index (χ0) is 14.8. The van der Waals surface area contributed by atoms with Crippen molar-refractivity contribution >= 4 is 5.97 Å². The highest BCUT2D eigenvalue weighted by Crippen LogP contribution is 2.45. The molecule has 2 aliphatic rings. The van der Waals surface area contributed by atoms with Crippen molar-refractivity contribution in [2.75, 3.05) is 13.2 Å². The molecule has 0 radical (unpaired) electrons. The molecule has 4 unspecified atom stereocenters. The lowest BCUT2D eigenvalue weighted by molar-refractivity contribution is -0.150. The van der Waals surface area contributed by atoms with E-state index < -0.39 is 5.97 Å². The number of nitrogens with one attached hydrogen (secondary N) is 1. The topological polar surface area (TPSA) is 58.6 Å². The molecular formula is C16H29NO3. The summed E-state index contributed by atoms with van der Waals surface area (Å²) >= 11 is 0. The van der Waals surface area contributed by atoms with E-state index >= 15 is 0 Å². The molecule has 1 saturated carbocycles. The van der Waals surface area contributed by atoms with Crippen LogP contribution in [0.25, 0.3) is 0 Å². The standard InChI is InChI=1S/C16H29NO3/c1-11-14(17-9-8-12-5-4-10-20-12)7-6-13(15(18)19)16(11,2)3/h11-14,17H,4-10H2,1-3H3,(H,18,19). The molecule has 20 heavy (non-hydrogen) atoms. The molecule has 0 bridgehead atoms. The summed E-state index contributed by atoms with van der Waals surface area (Å²) in [5.74, 6) is -0.477. The Labute approximate surface area is 122 Å². The Hall–Kier alpha value is -0.610. The predicted molar refractivity (Wildman–Crippen MR) is 78.7 cm³/mol. The van der Waals surface area contributed by atoms with Gasteiger partial charge in [0.15, 0.2) is 0 Å². The first-order valence-corrected chi connectivity index (χ1v) is 8.00. The van der Waals surface area contributed by atoms with E-state index in [1.807, 2.05) is 0 Å². The highest BCUT2D eigenvalue weighted by atomic mass is 16.5. The van der Waals surface area contributed by atoms with Gasteiger partial charge in [0.25, 0.3) is 0 Å². The van der Waals surface area contributed by atoms with Gasteiger partial charge >= 0.3 is 5.97 Å². The van der Waals surface area contributed by atoms with E-state index in [1.165, 1.54) is 12.8 Å². The van der Waals surface area contributed by atoms with Gasteiger partial charge in [-0.3, -0.25) is 4.79 Å². The van der Waals surface area contributed by atoms with Gasteiger partial charge in [-0.2, -0.15) is 0 Å². The van der Waals surface area contributed by atoms with Gasteiger partial charge in [0.1, 0.15) is 0 Å². The second kappa shape index (κ2) is 6.44. The maximum absolute atomic E-state index is 11.4. The minimum absolute atomic E-state index is 0.147. The van der Waals surface area contributed by atoms with Crippen LogP contribution in [0.15, 0.2) is 0 Å². The quantitative estimate of drug-likeness (QED) is 0.814. The fraction of sp³-hybridized carbons (Fsp3) is 0.938. The number of carboxylic acids is 1. The Balaban J connectivity index is 1.82. The van der Waals surface area contributed by atoms with E-state index in [1.54, 1.807) is 0 Å². The first kappa shape index (κ1) is 15.8. The number of hydrogen-bond acceptors (Lipinski definition) is 3. The summed E-state index contributed by atoms with van der Waals surface area (Å²) in [6.07, 6.45) is 5.64. The van der Waals surface area contributed by atoms with Crippen molar-refractivity contribution in [3.63, 3.8) is 0 Å². The number of carbonyl (C=O) groups is 1. The van der Waals surface area contributed by atoms with Crippen LogP contribution in [-0.4, -0.2) is 36.4 Å². The summed E-state index contributed by atoms with van der Waals surface area (Å²) in [4.78, 5) is 11.4. The molecule has 0 aromatic heterocycles. The van der Waals surface area contributed by atoms with Crippen molar-refractivity contribution in [1.82, 2.24) is 5.32 Å². The summed E-state index contributed by atoms with van der Waals surface area (Å²) in [5.41, 5.74) is -0.147. The average Bonchev–Trinajstić information content (AvgIpc) is 2.87. The zero-order valence-corrected chi connectivity index (χ0v) is 13.0. The molecule has 1 aliphatic heterocycles. The number of carboxylic acid groups (broad SMARTS) is 1. The van der Waals surface area contributed by atoms with E-state index in [9.17, 15) is 9.90 Å². The fourth-order valence-corrected chi connectivity index (χ4v) is 3.83. The molecule has 0 aromatic carbocycles. The van der Waals surface area contributed by atoms with Gasteiger partial charge in [0.05, 0.1) is 12.0 Å². The summed E-state index contributed by atoms with van der Waals surface area (Å²) in [5, 5.41) is 13.0. The lowest BCUT2D eigenvalue weighted by Gasteiger charge is -2.46. The molecule has 1 heterocycles. The molecule has 0 aromatic rings. The van der Waals surface area contributed by atoms with Crippen molar-refractivity contribution in [2.45, 2.75) is 65.0 Å². The van der Waals surface area contributed by atoms with Crippen LogP contribution in [0.1, 0.15) is 52.9 Å². The van der Waals surface area contributed by atoms with Crippen molar-refractivity contribution in [3.05, 3.63) is 0 Å². The van der Waals surface area contributed by atoms with E-state index in [0.29, 0.717) is 18.1 Å². The molecule has 1 saturated heterocycles. The minimum atomic E-state index is -0.639. The van der Waals surface area contributed by atoms with Gasteiger partial charge < -0.3 is 15.2 Å². The highest BCUT2D eigenvalue weighted by molar-refractivity contribution is 5.71. The average molecular weight is 283 g/mol. The van der Waals surface area contributed by atoms with Crippen LogP contribution >= 0.6 is 0 Å². The van der Waals surface area contributed by atoms with Crippen LogP contribution in [0.4, 0.5) is 0 Å². The molecule has 2 rings (SSSR count). The smallest absolute Gasteiger partial charge is 0.307 e. The van der Waals surface area contributed by atoms with Gasteiger partial charge in [-0.05, 0) is 50.0 Å². The first-order valence-electron chi connectivity index (χ1n) is 8.00. The molecule has 2 fully saturated rings. The molecule has 4 heteroatoms. The normalized spacial score (nSPS) is 37.0. The van der Waals surface area contributed by atoms with Crippen molar-refractivity contribution < 1.29 is 14.6 Å². The highest BCUT2D eigenvalue weighted by Gasteiger charge is 2.45. The predicted octanol–water partition coefficient (Wildman–Crippen LogP) is 2.67. The van der Waals surface area contributed by atoms with Gasteiger partial charge in [-0.25, -0.2) is 0 Å². The Morgan fingerprint density at radius 2 is 2.10 bits per heavy atom. The largest absolute Gasteiger partial charge is 0.481 e. The van der Waals surface area contributed by atoms with Gasteiger partial charge in [-0.15, -0.1) is 0 Å². The second-order valence-electron chi connectivity index (χ2n) is 7.06. The molecule has 2 N–H and O–H groups in total. The van der Waals surface area contributed by atoms with Crippen molar-refractivity contribution in [2.24, 2.45) is 17.3 Å². The maximum atomic E-state index is 11.4. The van der Waals surface area contributed by atoms with Crippen LogP contribution < -0.4 is 5.32 Å². The molecule has 0 spiro atoms. The van der Waals surface area contributed by atoms with Gasteiger partial charge in [-0.1, -0.05) is 20.8 Å². The molecular weight excluding hydrogens is 254 g/mol. The van der Waals surface area contributed by atoms with Crippen LogP contribution in [0.2, 0.25) is 0 Å². The third kappa shape index (κ3) is 3.34. The van der Waals surface area contributed by atoms with Gasteiger partial charge in [0, 0.05) is 12.6 Å². The van der Waals surface area contributed by atoms with Crippen LogP contribution in [0.3, 0.4) is 0 Å². The molecule has 0 amide bonds. The zero-order valence-electron chi connectivity index (χ0n) is 13.0. The number of aliphatic carboxylic acids is 1. The van der Waals surface area contributed by atoms with Crippen molar-refractivity contribution in [3.8, 4) is 0 Å². The van der Waals surface area contributed by atoms with Crippen molar-refractivity contribution in [1.29, 1.82) is 0 Å². The Morgan fingerprint density at radius 1 is 1.35 bits per heavy atom. The maximum Gasteiger partial charge on any atom is 0.307 e. The summed E-state index contributed by atoms with van der Waals surface area (Å²) in [6, 6.07) is 0.432. The van der Waals surface area contributed by atoms with Crippen LogP contribution in [-0.2, 0) is 9.53 Å². The van der Waals surface area contributed by atoms with Crippen LogP contribution in [0, 0.1) is 17.3 Å². The van der Waals surface area contributed by atoms with Crippen LogP contribution in [0.5, 0.6) is 0 Å². The third-order valence-electron chi connectivity index (χ3n) is 5.64. The third-order valence-corrected chi connectivity index (χ3v) is 5.64. The van der Waals surface area contributed by atoms with E-state index in [-0.39, 0.29) is 11.3 Å². The Kier molecular flexibility index (Phi) is 5.08. The van der Waals surface area contributed by atoms with E-state index in [4.69, 9.17) is 4.74 Å². The monoisotopic (exact) mass is 283 g/mol. The number of ether oxygens (including phenoxy) is 1. The number of hydrogen-bond donors (Lipinski definition) is 2. The summed E-state index contributed by atoms with van der Waals surface area (Å²) in [7, 11) is 0. The molecule has 116 valence electrons. The fourth-order valence-electron chi connectivity index (χ4n) is 3.83. The Morgan fingerprint density at radius 3 is 2.70 bits per heavy atom. The lowest BCUT2D eigenvalue weighted by atomic mass is 9.61. The number of rotatable bonds is 5. The molecule has 4 nitrogen and oxygen atoms in total. The lowest BCUT2D eigenvalue weighted by Crippen LogP contribution is -2.51. The SMILES string of the molecule is CC1C(NCCC2CCCO2)CCC(C(=O)O)C1(C)C. The first-order chi connectivity index (χ1) is 9.43. The minimum Gasteiger partial charge on any atom is -0.481 e. The van der Waals surface area contributed by atoms with Gasteiger partial charge in [0.2, 0.25) is 0 Å². The second-order valence-corrected chi connectivity index (χ2v) is 7.06. The Bertz CT molecular complexity index is 337. The molecule has 1 aliphatic carbocycles. The van der Waals surface area contributed by atoms with E-state index in [2.05, 4.69) is 26.1 Å². The molecule has 4 atom stereocenters. The summed E-state index contributed by atoms with van der Waals surface area (Å²) < 4.78 is 5.64.